The second-order valence-corrected chi connectivity index (χ2v) is 4.05. The summed E-state index contributed by atoms with van der Waals surface area (Å²) >= 11 is 0. The molecule has 0 heterocycles. The maximum atomic E-state index is 11.9. The minimum absolute atomic E-state index is 0.289. The largest absolute Gasteiger partial charge is 0.508 e. The van der Waals surface area contributed by atoms with Crippen molar-refractivity contribution >= 4 is 11.9 Å². The number of esters is 1. The first kappa shape index (κ1) is 14.2. The fourth-order valence-corrected chi connectivity index (χ4v) is 1.62. The third kappa shape index (κ3) is 2.86. The topological polar surface area (TPSA) is 124 Å². The summed E-state index contributed by atoms with van der Waals surface area (Å²) in [7, 11) is 0. The lowest BCUT2D eigenvalue weighted by Gasteiger charge is -2.09. The van der Waals surface area contributed by atoms with Crippen LogP contribution in [0, 0.1) is 0 Å². The van der Waals surface area contributed by atoms with E-state index in [-0.39, 0.29) is 22.6 Å². The monoisotopic (exact) mass is 290 g/mol. The molecule has 0 atom stereocenters. The lowest BCUT2D eigenvalue weighted by molar-refractivity contribution is 0.0680. The molecule has 0 aliphatic carbocycles. The summed E-state index contributed by atoms with van der Waals surface area (Å²) in [4.78, 5) is 22.9. The van der Waals surface area contributed by atoms with Crippen molar-refractivity contribution in [2.24, 2.45) is 0 Å². The summed E-state index contributed by atoms with van der Waals surface area (Å²) in [5.41, 5.74) is -0.671. The van der Waals surface area contributed by atoms with Gasteiger partial charge in [-0.1, -0.05) is 6.07 Å². The number of carbonyl (C=O) groups excluding carboxylic acids is 1. The van der Waals surface area contributed by atoms with E-state index in [4.69, 9.17) is 9.84 Å². The van der Waals surface area contributed by atoms with Crippen LogP contribution in [-0.4, -0.2) is 32.4 Å². The highest BCUT2D eigenvalue weighted by atomic mass is 16.5. The zero-order valence-corrected chi connectivity index (χ0v) is 10.5. The molecule has 0 spiro atoms. The van der Waals surface area contributed by atoms with Gasteiger partial charge in [-0.05, 0) is 24.3 Å². The van der Waals surface area contributed by atoms with Crippen LogP contribution in [0.4, 0.5) is 0 Å². The molecule has 21 heavy (non-hydrogen) atoms. The van der Waals surface area contributed by atoms with Gasteiger partial charge in [0.2, 0.25) is 0 Å². The molecule has 0 amide bonds. The van der Waals surface area contributed by atoms with Crippen LogP contribution in [0.3, 0.4) is 0 Å². The summed E-state index contributed by atoms with van der Waals surface area (Å²) in [6, 6.07) is 6.84. The normalized spacial score (nSPS) is 10.1. The molecule has 0 saturated heterocycles. The van der Waals surface area contributed by atoms with E-state index in [0.717, 1.165) is 18.2 Å². The Morgan fingerprint density at radius 1 is 0.952 bits per heavy atom. The van der Waals surface area contributed by atoms with E-state index in [1.807, 2.05) is 0 Å². The number of ether oxygens (including phenoxy) is 1. The van der Waals surface area contributed by atoms with Crippen molar-refractivity contribution in [1.29, 1.82) is 0 Å². The van der Waals surface area contributed by atoms with Crippen LogP contribution < -0.4 is 4.74 Å². The molecule has 0 aliphatic rings. The van der Waals surface area contributed by atoms with Crippen molar-refractivity contribution in [3.8, 4) is 23.0 Å². The van der Waals surface area contributed by atoms with E-state index in [2.05, 4.69) is 0 Å². The average Bonchev–Trinajstić information content (AvgIpc) is 2.41. The highest BCUT2D eigenvalue weighted by Crippen LogP contribution is 2.30. The number of carboxylic acid groups (broad SMARTS) is 1. The number of carboxylic acids is 1. The number of hydrogen-bond acceptors (Lipinski definition) is 6. The number of para-hydroxylation sites is 1. The second-order valence-electron chi connectivity index (χ2n) is 4.05. The van der Waals surface area contributed by atoms with Gasteiger partial charge in [-0.3, -0.25) is 0 Å². The molecule has 0 bridgehead atoms. The predicted octanol–water partition coefficient (Wildman–Crippen LogP) is 1.72. The predicted molar refractivity (Wildman–Crippen MR) is 69.8 cm³/mol. The summed E-state index contributed by atoms with van der Waals surface area (Å²) in [6.45, 7) is 0. The standard InChI is InChI=1S/C14H10O7/c15-7-4-5-8(13(18)19)11(6-7)21-14(20)9-2-1-3-10(16)12(9)17/h1-6,15-17H,(H,18,19). The minimum Gasteiger partial charge on any atom is -0.508 e. The van der Waals surface area contributed by atoms with E-state index in [9.17, 15) is 24.9 Å². The van der Waals surface area contributed by atoms with Crippen LogP contribution in [0.2, 0.25) is 0 Å². The molecule has 7 heteroatoms. The first-order valence-electron chi connectivity index (χ1n) is 5.69. The molecule has 0 radical (unpaired) electrons. The van der Waals surface area contributed by atoms with Crippen LogP contribution in [0.1, 0.15) is 20.7 Å². The Labute approximate surface area is 118 Å². The molecule has 0 fully saturated rings. The highest BCUT2D eigenvalue weighted by molar-refractivity contribution is 5.97. The average molecular weight is 290 g/mol. The fraction of sp³-hybridized carbons (Fsp3) is 0. The first-order valence-corrected chi connectivity index (χ1v) is 5.69. The van der Waals surface area contributed by atoms with E-state index >= 15 is 0 Å². The Morgan fingerprint density at radius 2 is 1.67 bits per heavy atom. The van der Waals surface area contributed by atoms with Gasteiger partial charge in [0.25, 0.3) is 0 Å². The summed E-state index contributed by atoms with van der Waals surface area (Å²) in [5.74, 6) is -4.29. The second kappa shape index (κ2) is 5.41. The molecule has 2 aromatic rings. The lowest BCUT2D eigenvalue weighted by atomic mass is 10.1. The Kier molecular flexibility index (Phi) is 3.66. The third-order valence-corrected chi connectivity index (χ3v) is 2.63. The van der Waals surface area contributed by atoms with Gasteiger partial charge in [0, 0.05) is 6.07 Å². The Bertz CT molecular complexity index is 721. The van der Waals surface area contributed by atoms with Gasteiger partial charge >= 0.3 is 11.9 Å². The van der Waals surface area contributed by atoms with Crippen LogP contribution in [0.15, 0.2) is 36.4 Å². The molecule has 4 N–H and O–H groups in total. The maximum absolute atomic E-state index is 11.9. The Balaban J connectivity index is 2.38. The first-order chi connectivity index (χ1) is 9.90. The van der Waals surface area contributed by atoms with Gasteiger partial charge in [-0.15, -0.1) is 0 Å². The smallest absolute Gasteiger partial charge is 0.347 e. The van der Waals surface area contributed by atoms with Crippen molar-refractivity contribution in [2.45, 2.75) is 0 Å². The molecular formula is C14H10O7. The number of benzene rings is 2. The van der Waals surface area contributed by atoms with Crippen molar-refractivity contribution in [3.63, 3.8) is 0 Å². The van der Waals surface area contributed by atoms with Gasteiger partial charge < -0.3 is 25.2 Å². The fourth-order valence-electron chi connectivity index (χ4n) is 1.62. The van der Waals surface area contributed by atoms with E-state index in [0.29, 0.717) is 0 Å². The molecule has 0 unspecified atom stereocenters. The lowest BCUT2D eigenvalue weighted by Crippen LogP contribution is -2.11. The SMILES string of the molecule is O=C(O)c1ccc(O)cc1OC(=O)c1cccc(O)c1O. The van der Waals surface area contributed by atoms with Gasteiger partial charge in [0.1, 0.15) is 22.6 Å². The van der Waals surface area contributed by atoms with Gasteiger partial charge in [-0.2, -0.15) is 0 Å². The van der Waals surface area contributed by atoms with Crippen LogP contribution in [0.5, 0.6) is 23.0 Å². The van der Waals surface area contributed by atoms with E-state index < -0.39 is 23.4 Å². The third-order valence-electron chi connectivity index (χ3n) is 2.63. The highest BCUT2D eigenvalue weighted by Gasteiger charge is 2.20. The number of rotatable bonds is 3. The summed E-state index contributed by atoms with van der Waals surface area (Å²) in [5, 5.41) is 37.2. The number of phenolic OH excluding ortho intramolecular Hbond substituents is 3. The molecule has 0 aliphatic heterocycles. The number of aromatic carboxylic acids is 1. The van der Waals surface area contributed by atoms with Crippen LogP contribution in [0.25, 0.3) is 0 Å². The van der Waals surface area contributed by atoms with Gasteiger partial charge in [0.15, 0.2) is 11.5 Å². The minimum atomic E-state index is -1.35. The molecule has 7 nitrogen and oxygen atoms in total. The summed E-state index contributed by atoms with van der Waals surface area (Å²) < 4.78 is 4.86. The molecular weight excluding hydrogens is 280 g/mol. The Hall–Kier alpha value is -3.22. The Morgan fingerprint density at radius 3 is 2.33 bits per heavy atom. The molecule has 0 saturated carbocycles. The molecule has 108 valence electrons. The number of carbonyl (C=O) groups is 2. The van der Waals surface area contributed by atoms with Gasteiger partial charge in [-0.25, -0.2) is 9.59 Å². The van der Waals surface area contributed by atoms with Crippen molar-refractivity contribution in [3.05, 3.63) is 47.5 Å². The van der Waals surface area contributed by atoms with Crippen molar-refractivity contribution < 1.29 is 34.8 Å². The number of hydrogen-bond donors (Lipinski definition) is 4. The molecule has 2 aromatic carbocycles. The maximum Gasteiger partial charge on any atom is 0.347 e. The number of aromatic hydroxyl groups is 3. The van der Waals surface area contributed by atoms with Gasteiger partial charge in [0.05, 0.1) is 0 Å². The van der Waals surface area contributed by atoms with Crippen LogP contribution in [-0.2, 0) is 0 Å². The number of phenols is 3. The molecule has 0 aromatic heterocycles. The zero-order valence-electron chi connectivity index (χ0n) is 10.5. The quantitative estimate of drug-likeness (QED) is 0.385. The summed E-state index contributed by atoms with van der Waals surface area (Å²) in [6.07, 6.45) is 0. The van der Waals surface area contributed by atoms with E-state index in [1.165, 1.54) is 18.2 Å². The molecule has 2 rings (SSSR count). The van der Waals surface area contributed by atoms with Crippen LogP contribution >= 0.6 is 0 Å². The van der Waals surface area contributed by atoms with Crippen molar-refractivity contribution in [2.75, 3.05) is 0 Å². The zero-order chi connectivity index (χ0) is 15.6. The van der Waals surface area contributed by atoms with Crippen molar-refractivity contribution in [1.82, 2.24) is 0 Å². The van der Waals surface area contributed by atoms with E-state index in [1.54, 1.807) is 0 Å².